The van der Waals surface area contributed by atoms with Gasteiger partial charge in [0.15, 0.2) is 6.04 Å². The largest absolute Gasteiger partial charge is 0.467 e. The minimum Gasteiger partial charge on any atom is -0.467 e. The standard InChI is InChI=1S/C13H14BrNO4/c1-18-7-11(13(17)19-2)15-6-8-5-9(14)3-4-10(8)12(15)16/h3-5,11H,6-7H2,1-2H3/t11-/m0/s1. The third kappa shape index (κ3) is 2.64. The normalized spacial score (nSPS) is 15.3. The molecular weight excluding hydrogens is 314 g/mol. The number of carbonyl (C=O) groups excluding carboxylic acids is 2. The smallest absolute Gasteiger partial charge is 0.331 e. The van der Waals surface area contributed by atoms with Crippen LogP contribution < -0.4 is 0 Å². The van der Waals surface area contributed by atoms with Crippen molar-refractivity contribution in [1.82, 2.24) is 4.90 Å². The van der Waals surface area contributed by atoms with Crippen molar-refractivity contribution in [3.05, 3.63) is 33.8 Å². The molecule has 0 saturated heterocycles. The van der Waals surface area contributed by atoms with Crippen LogP contribution in [0.3, 0.4) is 0 Å². The van der Waals surface area contributed by atoms with E-state index in [1.807, 2.05) is 12.1 Å². The van der Waals surface area contributed by atoms with E-state index in [4.69, 9.17) is 9.47 Å². The van der Waals surface area contributed by atoms with Crippen LogP contribution in [0.25, 0.3) is 0 Å². The van der Waals surface area contributed by atoms with Gasteiger partial charge in [-0.15, -0.1) is 0 Å². The quantitative estimate of drug-likeness (QED) is 0.788. The van der Waals surface area contributed by atoms with E-state index >= 15 is 0 Å². The lowest BCUT2D eigenvalue weighted by Crippen LogP contribution is -2.45. The molecule has 1 amide bonds. The fourth-order valence-electron chi connectivity index (χ4n) is 2.14. The maximum atomic E-state index is 12.3. The highest BCUT2D eigenvalue weighted by Crippen LogP contribution is 2.27. The van der Waals surface area contributed by atoms with Crippen LogP contribution >= 0.6 is 15.9 Å². The van der Waals surface area contributed by atoms with Crippen molar-refractivity contribution in [2.24, 2.45) is 0 Å². The van der Waals surface area contributed by atoms with E-state index in [1.54, 1.807) is 6.07 Å². The van der Waals surface area contributed by atoms with Crippen molar-refractivity contribution in [3.63, 3.8) is 0 Å². The highest BCUT2D eigenvalue weighted by molar-refractivity contribution is 9.10. The number of ether oxygens (including phenoxy) is 2. The minimum atomic E-state index is -0.714. The second-order valence-electron chi connectivity index (χ2n) is 4.23. The van der Waals surface area contributed by atoms with Crippen LogP contribution in [0.5, 0.6) is 0 Å². The summed E-state index contributed by atoms with van der Waals surface area (Å²) in [5.74, 6) is -0.642. The van der Waals surface area contributed by atoms with Crippen LogP contribution in [-0.4, -0.2) is 43.6 Å². The van der Waals surface area contributed by atoms with E-state index in [-0.39, 0.29) is 12.5 Å². The molecule has 0 aliphatic carbocycles. The zero-order valence-corrected chi connectivity index (χ0v) is 12.3. The summed E-state index contributed by atoms with van der Waals surface area (Å²) in [7, 11) is 2.79. The second-order valence-corrected chi connectivity index (χ2v) is 5.14. The Morgan fingerprint density at radius 3 is 2.84 bits per heavy atom. The van der Waals surface area contributed by atoms with Gasteiger partial charge in [0.25, 0.3) is 5.91 Å². The van der Waals surface area contributed by atoms with Crippen LogP contribution in [0.1, 0.15) is 15.9 Å². The molecule has 6 heteroatoms. The van der Waals surface area contributed by atoms with Gasteiger partial charge >= 0.3 is 5.97 Å². The first-order valence-electron chi connectivity index (χ1n) is 5.74. The van der Waals surface area contributed by atoms with Crippen molar-refractivity contribution in [3.8, 4) is 0 Å². The summed E-state index contributed by atoms with van der Waals surface area (Å²) in [5.41, 5.74) is 1.51. The first kappa shape index (κ1) is 14.0. The van der Waals surface area contributed by atoms with E-state index in [0.29, 0.717) is 12.1 Å². The maximum absolute atomic E-state index is 12.3. The Hall–Kier alpha value is -1.40. The van der Waals surface area contributed by atoms with E-state index in [9.17, 15) is 9.59 Å². The Kier molecular flexibility index (Phi) is 4.21. The van der Waals surface area contributed by atoms with Gasteiger partial charge in [0.1, 0.15) is 0 Å². The van der Waals surface area contributed by atoms with Crippen molar-refractivity contribution in [2.75, 3.05) is 20.8 Å². The van der Waals surface area contributed by atoms with Crippen LogP contribution in [0.4, 0.5) is 0 Å². The summed E-state index contributed by atoms with van der Waals surface area (Å²) in [6, 6.07) is 4.73. The van der Waals surface area contributed by atoms with E-state index in [0.717, 1.165) is 10.0 Å². The summed E-state index contributed by atoms with van der Waals surface area (Å²) in [4.78, 5) is 25.5. The van der Waals surface area contributed by atoms with Crippen LogP contribution in [0, 0.1) is 0 Å². The molecule has 1 aliphatic rings. The Morgan fingerprint density at radius 2 is 2.21 bits per heavy atom. The number of rotatable bonds is 4. The van der Waals surface area contributed by atoms with E-state index in [1.165, 1.54) is 19.1 Å². The molecule has 0 spiro atoms. The first-order valence-corrected chi connectivity index (χ1v) is 6.54. The number of halogens is 1. The zero-order valence-electron chi connectivity index (χ0n) is 10.7. The number of fused-ring (bicyclic) bond motifs is 1. The molecule has 0 bridgehead atoms. The molecule has 0 unspecified atom stereocenters. The minimum absolute atomic E-state index is 0.119. The number of nitrogens with zero attached hydrogens (tertiary/aromatic N) is 1. The molecule has 102 valence electrons. The van der Waals surface area contributed by atoms with Gasteiger partial charge in [0.05, 0.1) is 13.7 Å². The van der Waals surface area contributed by atoms with Crippen molar-refractivity contribution in [2.45, 2.75) is 12.6 Å². The fraction of sp³-hybridized carbons (Fsp3) is 0.385. The summed E-state index contributed by atoms with van der Waals surface area (Å²) in [6.45, 7) is 0.504. The zero-order chi connectivity index (χ0) is 14.0. The lowest BCUT2D eigenvalue weighted by atomic mass is 10.1. The third-order valence-electron chi connectivity index (χ3n) is 3.07. The summed E-state index contributed by atoms with van der Waals surface area (Å²) in [5, 5.41) is 0. The second kappa shape index (κ2) is 5.71. The van der Waals surface area contributed by atoms with Crippen LogP contribution in [-0.2, 0) is 20.8 Å². The molecule has 19 heavy (non-hydrogen) atoms. The van der Waals surface area contributed by atoms with Crippen LogP contribution in [0.2, 0.25) is 0 Å². The lowest BCUT2D eigenvalue weighted by molar-refractivity contribution is -0.148. The average molecular weight is 328 g/mol. The third-order valence-corrected chi connectivity index (χ3v) is 3.57. The highest BCUT2D eigenvalue weighted by atomic mass is 79.9. The molecule has 0 fully saturated rings. The van der Waals surface area contributed by atoms with Gasteiger partial charge in [-0.05, 0) is 23.8 Å². The Balaban J connectivity index is 2.28. The molecule has 1 aromatic rings. The van der Waals surface area contributed by atoms with E-state index < -0.39 is 12.0 Å². The number of amides is 1. The van der Waals surface area contributed by atoms with Gasteiger partial charge < -0.3 is 14.4 Å². The average Bonchev–Trinajstić information content (AvgIpc) is 2.71. The van der Waals surface area contributed by atoms with Crippen molar-refractivity contribution >= 4 is 27.8 Å². The summed E-state index contributed by atoms with van der Waals surface area (Å²) >= 11 is 3.37. The van der Waals surface area contributed by atoms with Gasteiger partial charge in [-0.2, -0.15) is 0 Å². The predicted molar refractivity (Wildman–Crippen MR) is 71.7 cm³/mol. The Labute approximate surface area is 119 Å². The number of hydrogen-bond donors (Lipinski definition) is 0. The van der Waals surface area contributed by atoms with Crippen molar-refractivity contribution in [1.29, 1.82) is 0 Å². The first-order chi connectivity index (χ1) is 9.08. The molecule has 0 radical (unpaired) electrons. The molecule has 0 saturated carbocycles. The highest BCUT2D eigenvalue weighted by Gasteiger charge is 2.36. The lowest BCUT2D eigenvalue weighted by Gasteiger charge is -2.24. The van der Waals surface area contributed by atoms with Gasteiger partial charge in [-0.25, -0.2) is 4.79 Å². The van der Waals surface area contributed by atoms with Gasteiger partial charge in [0, 0.05) is 23.7 Å². The maximum Gasteiger partial charge on any atom is 0.331 e. The number of carbonyl (C=O) groups is 2. The van der Waals surface area contributed by atoms with Crippen LogP contribution in [0.15, 0.2) is 22.7 Å². The molecular formula is C13H14BrNO4. The summed E-state index contributed by atoms with van der Waals surface area (Å²) in [6.07, 6.45) is 0. The topological polar surface area (TPSA) is 55.8 Å². The van der Waals surface area contributed by atoms with E-state index in [2.05, 4.69) is 15.9 Å². The van der Waals surface area contributed by atoms with Gasteiger partial charge in [-0.1, -0.05) is 15.9 Å². The molecule has 1 aromatic carbocycles. The molecule has 5 nitrogen and oxygen atoms in total. The molecule has 2 rings (SSSR count). The number of hydrogen-bond acceptors (Lipinski definition) is 4. The molecule has 0 aromatic heterocycles. The summed E-state index contributed by atoms with van der Waals surface area (Å²) < 4.78 is 10.6. The number of esters is 1. The SMILES string of the molecule is COC[C@@H](C(=O)OC)N1Cc2cc(Br)ccc2C1=O. The van der Waals surface area contributed by atoms with Gasteiger partial charge in [0.2, 0.25) is 0 Å². The Bertz CT molecular complexity index is 517. The predicted octanol–water partition coefficient (Wildman–Crippen LogP) is 1.59. The molecule has 1 atom stereocenters. The van der Waals surface area contributed by atoms with Gasteiger partial charge in [-0.3, -0.25) is 4.79 Å². The number of benzene rings is 1. The Morgan fingerprint density at radius 1 is 1.47 bits per heavy atom. The van der Waals surface area contributed by atoms with Crippen molar-refractivity contribution < 1.29 is 19.1 Å². The number of methoxy groups -OCH3 is 2. The molecule has 1 heterocycles. The fourth-order valence-corrected chi connectivity index (χ4v) is 2.55. The molecule has 1 aliphatic heterocycles. The molecule has 0 N–H and O–H groups in total. The monoisotopic (exact) mass is 327 g/mol.